The summed E-state index contributed by atoms with van der Waals surface area (Å²) in [4.78, 5) is 0. The van der Waals surface area contributed by atoms with Crippen molar-refractivity contribution in [3.63, 3.8) is 0 Å². The summed E-state index contributed by atoms with van der Waals surface area (Å²) in [5.41, 5.74) is 1.50. The third-order valence-electron chi connectivity index (χ3n) is 6.04. The lowest BCUT2D eigenvalue weighted by molar-refractivity contribution is -0.305. The van der Waals surface area contributed by atoms with E-state index in [1.54, 1.807) is 14.2 Å². The molecule has 2 rings (SSSR count). The van der Waals surface area contributed by atoms with E-state index >= 15 is 0 Å². The highest BCUT2D eigenvalue weighted by Crippen LogP contribution is 2.44. The summed E-state index contributed by atoms with van der Waals surface area (Å²) in [7, 11) is 3.09. The summed E-state index contributed by atoms with van der Waals surface area (Å²) in [6, 6.07) is 18.9. The molecular formula is C26H38O4. The number of rotatable bonds is 14. The molecule has 4 heteroatoms. The maximum atomic E-state index is 11.3. The summed E-state index contributed by atoms with van der Waals surface area (Å²) in [5.74, 6) is -1.80. The van der Waals surface area contributed by atoms with Gasteiger partial charge in [-0.2, -0.15) is 0 Å². The number of aliphatic hydroxyl groups is 2. The van der Waals surface area contributed by atoms with E-state index in [0.29, 0.717) is 12.0 Å². The minimum atomic E-state index is -1.36. The quantitative estimate of drug-likeness (QED) is 0.302. The van der Waals surface area contributed by atoms with Gasteiger partial charge in [0.05, 0.1) is 6.10 Å². The second kappa shape index (κ2) is 12.9. The predicted octanol–water partition coefficient (Wildman–Crippen LogP) is 5.81. The molecule has 2 aromatic rings. The molecular weight excluding hydrogens is 376 g/mol. The van der Waals surface area contributed by atoms with Crippen LogP contribution in [0.4, 0.5) is 0 Å². The third kappa shape index (κ3) is 6.14. The fourth-order valence-corrected chi connectivity index (χ4v) is 4.29. The van der Waals surface area contributed by atoms with Crippen LogP contribution in [-0.4, -0.2) is 30.2 Å². The Balaban J connectivity index is 2.30. The standard InChI is InChI=1S/C26H38O4/c1-4-5-6-7-8-15-20-23(24(27)21-16-11-9-12-17-21)26(29-2,30-3)25(28)22-18-13-10-14-19-22/h9-14,16-19,23-25,27-28H,4-8,15,20H2,1-3H3. The third-order valence-corrected chi connectivity index (χ3v) is 6.04. The zero-order valence-corrected chi connectivity index (χ0v) is 18.7. The molecule has 0 radical (unpaired) electrons. The number of hydrogen-bond acceptors (Lipinski definition) is 4. The molecule has 0 saturated heterocycles. The van der Waals surface area contributed by atoms with Crippen LogP contribution in [0.1, 0.15) is 75.2 Å². The van der Waals surface area contributed by atoms with E-state index in [1.807, 2.05) is 60.7 Å². The van der Waals surface area contributed by atoms with E-state index in [-0.39, 0.29) is 0 Å². The van der Waals surface area contributed by atoms with Crippen LogP contribution in [0, 0.1) is 5.92 Å². The largest absolute Gasteiger partial charge is 0.388 e. The zero-order valence-electron chi connectivity index (χ0n) is 18.7. The van der Waals surface area contributed by atoms with Crippen molar-refractivity contribution in [1.29, 1.82) is 0 Å². The van der Waals surface area contributed by atoms with Gasteiger partial charge in [-0.25, -0.2) is 0 Å². The van der Waals surface area contributed by atoms with Crippen LogP contribution in [0.3, 0.4) is 0 Å². The van der Waals surface area contributed by atoms with Crippen molar-refractivity contribution in [2.75, 3.05) is 14.2 Å². The SMILES string of the molecule is CCCCCCCCC(C(O)c1ccccc1)C(OC)(OC)C(O)c1ccccc1. The van der Waals surface area contributed by atoms with Crippen LogP contribution in [0.15, 0.2) is 60.7 Å². The Labute approximate surface area is 181 Å². The molecule has 2 N–H and O–H groups in total. The number of hydrogen-bond donors (Lipinski definition) is 2. The van der Waals surface area contributed by atoms with Gasteiger partial charge < -0.3 is 19.7 Å². The Morgan fingerprint density at radius 3 is 1.77 bits per heavy atom. The molecule has 0 aliphatic carbocycles. The van der Waals surface area contributed by atoms with Crippen LogP contribution in [0.25, 0.3) is 0 Å². The van der Waals surface area contributed by atoms with Gasteiger partial charge >= 0.3 is 0 Å². The number of aliphatic hydroxyl groups excluding tert-OH is 2. The lowest BCUT2D eigenvalue weighted by Crippen LogP contribution is -2.50. The van der Waals surface area contributed by atoms with Crippen LogP contribution in [0.5, 0.6) is 0 Å². The molecule has 0 aliphatic heterocycles. The molecule has 0 aliphatic rings. The zero-order chi connectivity index (χ0) is 21.8. The average Bonchev–Trinajstić information content (AvgIpc) is 2.81. The van der Waals surface area contributed by atoms with Gasteiger partial charge in [0.1, 0.15) is 6.10 Å². The molecule has 0 bridgehead atoms. The normalized spacial score (nSPS) is 15.0. The number of methoxy groups -OCH3 is 2. The van der Waals surface area contributed by atoms with E-state index in [2.05, 4.69) is 6.92 Å². The maximum absolute atomic E-state index is 11.3. The highest BCUT2D eigenvalue weighted by atomic mass is 16.7. The van der Waals surface area contributed by atoms with Crippen molar-refractivity contribution in [2.45, 2.75) is 69.9 Å². The van der Waals surface area contributed by atoms with Gasteiger partial charge in [0.15, 0.2) is 0 Å². The number of benzene rings is 2. The summed E-state index contributed by atoms with van der Waals surface area (Å²) in [6.45, 7) is 2.21. The Hall–Kier alpha value is -1.72. The summed E-state index contributed by atoms with van der Waals surface area (Å²) in [6.07, 6.45) is 5.74. The lowest BCUT2D eigenvalue weighted by atomic mass is 9.79. The fraction of sp³-hybridized carbons (Fsp3) is 0.538. The molecule has 0 aromatic heterocycles. The summed E-state index contributed by atoms with van der Waals surface area (Å²) >= 11 is 0. The molecule has 0 saturated carbocycles. The first kappa shape index (κ1) is 24.5. The Kier molecular flexibility index (Phi) is 10.5. The smallest absolute Gasteiger partial charge is 0.204 e. The van der Waals surface area contributed by atoms with Crippen LogP contribution >= 0.6 is 0 Å². The van der Waals surface area contributed by atoms with Crippen LogP contribution in [0.2, 0.25) is 0 Å². The number of ether oxygens (including phenoxy) is 2. The molecule has 2 aromatic carbocycles. The second-order valence-electron chi connectivity index (χ2n) is 7.96. The lowest BCUT2D eigenvalue weighted by Gasteiger charge is -2.44. The van der Waals surface area contributed by atoms with Gasteiger partial charge in [0.25, 0.3) is 0 Å². The minimum absolute atomic E-state index is 0.434. The molecule has 3 atom stereocenters. The van der Waals surface area contributed by atoms with Crippen molar-refractivity contribution < 1.29 is 19.7 Å². The van der Waals surface area contributed by atoms with Gasteiger partial charge in [0, 0.05) is 20.1 Å². The molecule has 0 fully saturated rings. The molecule has 30 heavy (non-hydrogen) atoms. The molecule has 3 unspecified atom stereocenters. The minimum Gasteiger partial charge on any atom is -0.388 e. The molecule has 0 spiro atoms. The van der Waals surface area contributed by atoms with Gasteiger partial charge in [0.2, 0.25) is 5.79 Å². The summed E-state index contributed by atoms with van der Waals surface area (Å²) < 4.78 is 11.7. The second-order valence-corrected chi connectivity index (χ2v) is 7.96. The summed E-state index contributed by atoms with van der Waals surface area (Å²) in [5, 5.41) is 22.7. The van der Waals surface area contributed by atoms with Crippen molar-refractivity contribution in [2.24, 2.45) is 5.92 Å². The predicted molar refractivity (Wildman–Crippen MR) is 121 cm³/mol. The first-order valence-corrected chi connectivity index (χ1v) is 11.2. The van der Waals surface area contributed by atoms with Crippen molar-refractivity contribution in [3.8, 4) is 0 Å². The Morgan fingerprint density at radius 1 is 0.733 bits per heavy atom. The molecule has 166 valence electrons. The maximum Gasteiger partial charge on any atom is 0.204 e. The first-order valence-electron chi connectivity index (χ1n) is 11.2. The van der Waals surface area contributed by atoms with Gasteiger partial charge in [-0.1, -0.05) is 106 Å². The Morgan fingerprint density at radius 2 is 1.23 bits per heavy atom. The topological polar surface area (TPSA) is 58.9 Å². The van der Waals surface area contributed by atoms with Crippen molar-refractivity contribution in [3.05, 3.63) is 71.8 Å². The van der Waals surface area contributed by atoms with E-state index in [9.17, 15) is 10.2 Å². The van der Waals surface area contributed by atoms with E-state index in [1.165, 1.54) is 25.7 Å². The molecule has 0 amide bonds. The number of unbranched alkanes of at least 4 members (excludes halogenated alkanes) is 5. The van der Waals surface area contributed by atoms with Gasteiger partial charge in [-0.15, -0.1) is 0 Å². The van der Waals surface area contributed by atoms with Crippen LogP contribution < -0.4 is 0 Å². The van der Waals surface area contributed by atoms with Gasteiger partial charge in [-0.3, -0.25) is 0 Å². The molecule has 0 heterocycles. The van der Waals surface area contributed by atoms with Crippen molar-refractivity contribution >= 4 is 0 Å². The van der Waals surface area contributed by atoms with E-state index in [0.717, 1.165) is 18.4 Å². The van der Waals surface area contributed by atoms with E-state index < -0.39 is 23.9 Å². The highest BCUT2D eigenvalue weighted by Gasteiger charge is 2.49. The first-order chi connectivity index (χ1) is 14.6. The van der Waals surface area contributed by atoms with E-state index in [4.69, 9.17) is 9.47 Å². The Bertz CT molecular complexity index is 685. The average molecular weight is 415 g/mol. The van der Waals surface area contributed by atoms with Crippen molar-refractivity contribution in [1.82, 2.24) is 0 Å². The fourth-order valence-electron chi connectivity index (χ4n) is 4.29. The highest BCUT2D eigenvalue weighted by molar-refractivity contribution is 5.23. The van der Waals surface area contributed by atoms with Gasteiger partial charge in [-0.05, 0) is 17.5 Å². The monoisotopic (exact) mass is 414 g/mol. The van der Waals surface area contributed by atoms with Crippen LogP contribution in [-0.2, 0) is 9.47 Å². The molecule has 4 nitrogen and oxygen atoms in total.